The summed E-state index contributed by atoms with van der Waals surface area (Å²) in [6.45, 7) is -0.253. The van der Waals surface area contributed by atoms with E-state index < -0.39 is 17.9 Å². The smallest absolute Gasteiger partial charge is 0.280 e. The largest absolute Gasteiger partial charge is 0.396 e. The first-order valence-corrected chi connectivity index (χ1v) is 3.49. The third kappa shape index (κ3) is 1.89. The van der Waals surface area contributed by atoms with Gasteiger partial charge < -0.3 is 11.5 Å². The minimum absolute atomic E-state index is 0.240. The lowest BCUT2D eigenvalue weighted by molar-refractivity contribution is 0.145. The number of aromatic nitrogens is 1. The van der Waals surface area contributed by atoms with Gasteiger partial charge >= 0.3 is 0 Å². The molecular weight excluding hydrogens is 183 g/mol. The van der Waals surface area contributed by atoms with Gasteiger partial charge in [-0.25, -0.2) is 18.2 Å². The molecule has 6 heteroatoms. The van der Waals surface area contributed by atoms with Crippen molar-refractivity contribution in [3.05, 3.63) is 23.3 Å². The molecular formula is C7H8F3N3. The number of halogens is 3. The molecule has 0 aliphatic heterocycles. The van der Waals surface area contributed by atoms with Gasteiger partial charge in [0.2, 0.25) is 0 Å². The van der Waals surface area contributed by atoms with E-state index in [0.29, 0.717) is 0 Å². The number of alkyl halides is 2. The maximum Gasteiger partial charge on any atom is 0.280 e. The average molecular weight is 191 g/mol. The van der Waals surface area contributed by atoms with Gasteiger partial charge in [0.05, 0.1) is 11.4 Å². The number of pyridine rings is 1. The Morgan fingerprint density at radius 1 is 1.46 bits per heavy atom. The van der Waals surface area contributed by atoms with Crippen LogP contribution in [0.15, 0.2) is 6.07 Å². The van der Waals surface area contributed by atoms with Gasteiger partial charge in [-0.1, -0.05) is 0 Å². The van der Waals surface area contributed by atoms with Gasteiger partial charge in [0.15, 0.2) is 5.82 Å². The van der Waals surface area contributed by atoms with Crippen LogP contribution in [0.5, 0.6) is 0 Å². The predicted octanol–water partition coefficient (Wildman–Crippen LogP) is 1.20. The second kappa shape index (κ2) is 3.61. The second-order valence-corrected chi connectivity index (χ2v) is 2.40. The Bertz CT molecular complexity index is 314. The van der Waals surface area contributed by atoms with Crippen LogP contribution < -0.4 is 11.5 Å². The zero-order valence-corrected chi connectivity index (χ0v) is 6.60. The van der Waals surface area contributed by atoms with Crippen LogP contribution in [0.25, 0.3) is 0 Å². The van der Waals surface area contributed by atoms with Crippen molar-refractivity contribution >= 4 is 5.69 Å². The van der Waals surface area contributed by atoms with Gasteiger partial charge in [0, 0.05) is 6.54 Å². The molecule has 0 bridgehead atoms. The number of anilines is 1. The van der Waals surface area contributed by atoms with E-state index >= 15 is 0 Å². The number of hydrogen-bond acceptors (Lipinski definition) is 3. The van der Waals surface area contributed by atoms with Crippen molar-refractivity contribution in [3.63, 3.8) is 0 Å². The van der Waals surface area contributed by atoms with Crippen molar-refractivity contribution in [1.82, 2.24) is 4.98 Å². The van der Waals surface area contributed by atoms with Crippen molar-refractivity contribution in [1.29, 1.82) is 0 Å². The molecule has 0 aliphatic rings. The summed E-state index contributed by atoms with van der Waals surface area (Å²) >= 11 is 0. The van der Waals surface area contributed by atoms with Crippen LogP contribution in [0.2, 0.25) is 0 Å². The maximum absolute atomic E-state index is 12.9. The molecule has 0 aliphatic carbocycles. The summed E-state index contributed by atoms with van der Waals surface area (Å²) in [5.41, 5.74) is 9.06. The molecule has 3 nitrogen and oxygen atoms in total. The molecule has 0 saturated heterocycles. The van der Waals surface area contributed by atoms with E-state index in [4.69, 9.17) is 11.5 Å². The minimum Gasteiger partial charge on any atom is -0.396 e. The third-order valence-corrected chi connectivity index (χ3v) is 1.49. The van der Waals surface area contributed by atoms with E-state index in [2.05, 4.69) is 4.98 Å². The maximum atomic E-state index is 12.9. The highest BCUT2D eigenvalue weighted by molar-refractivity contribution is 5.42. The van der Waals surface area contributed by atoms with Crippen molar-refractivity contribution in [2.24, 2.45) is 5.73 Å². The van der Waals surface area contributed by atoms with Gasteiger partial charge in [0.25, 0.3) is 6.43 Å². The molecule has 0 radical (unpaired) electrons. The Kier molecular flexibility index (Phi) is 2.72. The molecule has 0 amide bonds. The quantitative estimate of drug-likeness (QED) is 0.738. The zero-order valence-electron chi connectivity index (χ0n) is 6.60. The van der Waals surface area contributed by atoms with Crippen molar-refractivity contribution in [2.75, 3.05) is 5.73 Å². The van der Waals surface area contributed by atoms with Crippen molar-refractivity contribution < 1.29 is 13.2 Å². The van der Waals surface area contributed by atoms with Crippen LogP contribution in [0.1, 0.15) is 17.8 Å². The Morgan fingerprint density at radius 2 is 2.08 bits per heavy atom. The summed E-state index contributed by atoms with van der Waals surface area (Å²) < 4.78 is 37.2. The van der Waals surface area contributed by atoms with E-state index in [0.717, 1.165) is 6.07 Å². The molecule has 0 saturated carbocycles. The zero-order chi connectivity index (χ0) is 10.0. The molecule has 72 valence electrons. The van der Waals surface area contributed by atoms with Gasteiger partial charge in [-0.2, -0.15) is 0 Å². The lowest BCUT2D eigenvalue weighted by atomic mass is 10.2. The first kappa shape index (κ1) is 9.79. The van der Waals surface area contributed by atoms with Crippen LogP contribution in [0, 0.1) is 5.82 Å². The van der Waals surface area contributed by atoms with E-state index in [1.165, 1.54) is 0 Å². The average Bonchev–Trinajstić information content (AvgIpc) is 2.09. The first-order chi connectivity index (χ1) is 6.06. The normalized spacial score (nSPS) is 10.8. The van der Waals surface area contributed by atoms with Gasteiger partial charge in [-0.15, -0.1) is 0 Å². The molecule has 1 aromatic rings. The molecule has 0 spiro atoms. The van der Waals surface area contributed by atoms with E-state index in [9.17, 15) is 13.2 Å². The number of nitrogens with two attached hydrogens (primary N) is 2. The molecule has 0 fully saturated rings. The highest BCUT2D eigenvalue weighted by Crippen LogP contribution is 2.22. The van der Waals surface area contributed by atoms with Gasteiger partial charge in [-0.3, -0.25) is 0 Å². The molecule has 0 aromatic carbocycles. The van der Waals surface area contributed by atoms with Crippen LogP contribution in [-0.4, -0.2) is 4.98 Å². The van der Waals surface area contributed by atoms with Gasteiger partial charge in [0.1, 0.15) is 5.69 Å². The Hall–Kier alpha value is -1.30. The summed E-state index contributed by atoms with van der Waals surface area (Å²) in [6, 6.07) is 0.805. The number of hydrogen-bond donors (Lipinski definition) is 2. The Morgan fingerprint density at radius 3 is 2.54 bits per heavy atom. The number of nitrogen functional groups attached to an aromatic ring is 1. The summed E-state index contributed by atoms with van der Waals surface area (Å²) in [4.78, 5) is 3.32. The van der Waals surface area contributed by atoms with E-state index in [-0.39, 0.29) is 17.9 Å². The second-order valence-electron chi connectivity index (χ2n) is 2.40. The highest BCUT2D eigenvalue weighted by Gasteiger charge is 2.14. The van der Waals surface area contributed by atoms with Crippen molar-refractivity contribution in [2.45, 2.75) is 13.0 Å². The van der Waals surface area contributed by atoms with Crippen LogP contribution in [0.3, 0.4) is 0 Å². The Balaban J connectivity index is 3.22. The van der Waals surface area contributed by atoms with E-state index in [1.54, 1.807) is 0 Å². The van der Waals surface area contributed by atoms with Crippen LogP contribution in [-0.2, 0) is 6.54 Å². The number of rotatable bonds is 2. The fraction of sp³-hybridized carbons (Fsp3) is 0.286. The van der Waals surface area contributed by atoms with E-state index in [1.807, 2.05) is 0 Å². The summed E-state index contributed by atoms with van der Waals surface area (Å²) in [5.74, 6) is -0.827. The SMILES string of the molecule is NCc1nc(C(F)F)cc(N)c1F. The van der Waals surface area contributed by atoms with Gasteiger partial charge in [-0.05, 0) is 6.07 Å². The minimum atomic E-state index is -2.77. The summed E-state index contributed by atoms with van der Waals surface area (Å²) in [5, 5.41) is 0. The van der Waals surface area contributed by atoms with Crippen LogP contribution >= 0.6 is 0 Å². The monoisotopic (exact) mass is 191 g/mol. The lowest BCUT2D eigenvalue weighted by Gasteiger charge is -2.05. The molecule has 1 aromatic heterocycles. The first-order valence-electron chi connectivity index (χ1n) is 3.49. The highest BCUT2D eigenvalue weighted by atomic mass is 19.3. The molecule has 4 N–H and O–H groups in total. The molecule has 0 unspecified atom stereocenters. The Labute approximate surface area is 72.6 Å². The molecule has 1 heterocycles. The predicted molar refractivity (Wildman–Crippen MR) is 41.5 cm³/mol. The fourth-order valence-corrected chi connectivity index (χ4v) is 0.874. The summed E-state index contributed by atoms with van der Waals surface area (Å²) in [7, 11) is 0. The number of nitrogens with zero attached hydrogens (tertiary/aromatic N) is 1. The standard InChI is InChI=1S/C7H8F3N3/c8-6-3(12)1-4(7(9)10)13-5(6)2-11/h1,7H,2,11H2,(H2,12,13). The third-order valence-electron chi connectivity index (χ3n) is 1.49. The summed E-state index contributed by atoms with van der Waals surface area (Å²) in [6.07, 6.45) is -2.77. The lowest BCUT2D eigenvalue weighted by Crippen LogP contribution is -2.08. The fourth-order valence-electron chi connectivity index (χ4n) is 0.874. The molecule has 13 heavy (non-hydrogen) atoms. The molecule has 0 atom stereocenters. The van der Waals surface area contributed by atoms with Crippen molar-refractivity contribution in [3.8, 4) is 0 Å². The topological polar surface area (TPSA) is 64.9 Å². The molecule has 1 rings (SSSR count). The van der Waals surface area contributed by atoms with Crippen LogP contribution in [0.4, 0.5) is 18.9 Å².